The highest BCUT2D eigenvalue weighted by Gasteiger charge is 2.76. The second kappa shape index (κ2) is 9.59. The predicted octanol–water partition coefficient (Wildman–Crippen LogP) is 3.16. The third kappa shape index (κ3) is 3.98. The Morgan fingerprint density at radius 2 is 1.64 bits per heavy atom. The van der Waals surface area contributed by atoms with E-state index < -0.39 is 40.7 Å². The lowest BCUT2D eigenvalue weighted by Gasteiger charge is -2.44. The number of ether oxygens (including phenoxy) is 1. The molecule has 1 aromatic rings. The highest BCUT2D eigenvalue weighted by Crippen LogP contribution is 2.59. The first-order valence-corrected chi connectivity index (χ1v) is 14.1. The number of hydrogen-bond acceptors (Lipinski definition) is 5. The van der Waals surface area contributed by atoms with E-state index in [-0.39, 0.29) is 30.2 Å². The molecule has 1 aromatic carbocycles. The Bertz CT molecular complexity index is 1200. The van der Waals surface area contributed by atoms with Gasteiger partial charge in [0.1, 0.15) is 11.6 Å². The van der Waals surface area contributed by atoms with Crippen molar-refractivity contribution in [2.24, 2.45) is 17.8 Å². The Labute approximate surface area is 231 Å². The summed E-state index contributed by atoms with van der Waals surface area (Å²) in [4.78, 5) is 48.6. The number of hydrogen-bond donors (Lipinski definition) is 1. The summed E-state index contributed by atoms with van der Waals surface area (Å²) in [6, 6.07) is 7.86. The van der Waals surface area contributed by atoms with E-state index in [4.69, 9.17) is 4.74 Å². The summed E-state index contributed by atoms with van der Waals surface area (Å²) in [6.45, 7) is 12.2. The third-order valence-corrected chi connectivity index (χ3v) is 9.07. The Kier molecular flexibility index (Phi) is 6.79. The quantitative estimate of drug-likeness (QED) is 0.585. The number of nitrogens with zero attached hydrogens (tertiary/aromatic N) is 3. The van der Waals surface area contributed by atoms with Gasteiger partial charge in [0.25, 0.3) is 0 Å². The topological polar surface area (TPSA) is 90.4 Å². The summed E-state index contributed by atoms with van der Waals surface area (Å²) in [5.41, 5.74) is -2.13. The minimum absolute atomic E-state index is 0.112. The highest BCUT2D eigenvalue weighted by molar-refractivity contribution is 6.04. The maximum atomic E-state index is 14.6. The molecular weight excluding hydrogens is 494 g/mol. The highest BCUT2D eigenvalue weighted by atomic mass is 16.5. The Morgan fingerprint density at radius 3 is 2.23 bits per heavy atom. The van der Waals surface area contributed by atoms with Gasteiger partial charge >= 0.3 is 0 Å². The molecule has 8 heteroatoms. The minimum atomic E-state index is -1.34. The van der Waals surface area contributed by atoms with E-state index >= 15 is 0 Å². The molecule has 2 saturated heterocycles. The van der Waals surface area contributed by atoms with Gasteiger partial charge in [-0.1, -0.05) is 63.3 Å². The molecule has 5 rings (SSSR count). The van der Waals surface area contributed by atoms with Crippen LogP contribution in [0.3, 0.4) is 0 Å². The van der Waals surface area contributed by atoms with Crippen LogP contribution in [0.1, 0.15) is 48.0 Å². The molecule has 8 nitrogen and oxygen atoms in total. The molecule has 4 aliphatic rings. The lowest BCUT2D eigenvalue weighted by Crippen LogP contribution is -2.62. The molecule has 1 spiro atoms. The van der Waals surface area contributed by atoms with Gasteiger partial charge in [-0.2, -0.15) is 0 Å². The molecule has 0 bridgehead atoms. The monoisotopic (exact) mass is 535 g/mol. The van der Waals surface area contributed by atoms with E-state index in [0.29, 0.717) is 19.5 Å². The summed E-state index contributed by atoms with van der Waals surface area (Å²) in [5.74, 6) is -2.56. The molecule has 210 valence electrons. The minimum Gasteiger partial charge on any atom is -0.394 e. The molecule has 4 heterocycles. The van der Waals surface area contributed by atoms with Gasteiger partial charge in [0.15, 0.2) is 0 Å². The van der Waals surface area contributed by atoms with Gasteiger partial charge in [0.2, 0.25) is 17.7 Å². The van der Waals surface area contributed by atoms with E-state index in [2.05, 4.69) is 0 Å². The van der Waals surface area contributed by atoms with E-state index in [9.17, 15) is 19.5 Å². The number of benzene rings is 1. The maximum Gasteiger partial charge on any atom is 0.249 e. The molecule has 0 saturated carbocycles. The molecule has 1 N–H and O–H groups in total. The van der Waals surface area contributed by atoms with Crippen LogP contribution in [0.2, 0.25) is 0 Å². The summed E-state index contributed by atoms with van der Waals surface area (Å²) in [5, 5.41) is 10.5. The number of carbonyl (C=O) groups excluding carboxylic acids is 3. The first kappa shape index (κ1) is 27.6. The number of likely N-dealkylation sites (tertiary alicyclic amines) is 1. The zero-order valence-electron chi connectivity index (χ0n) is 23.8. The zero-order valence-corrected chi connectivity index (χ0v) is 23.8. The lowest BCUT2D eigenvalue weighted by molar-refractivity contribution is -0.159. The van der Waals surface area contributed by atoms with Crippen LogP contribution >= 0.6 is 0 Å². The first-order valence-electron chi connectivity index (χ1n) is 14.1. The number of carbonyl (C=O) groups is 3. The summed E-state index contributed by atoms with van der Waals surface area (Å²) >= 11 is 0. The molecule has 0 aliphatic carbocycles. The molecule has 0 radical (unpaired) electrons. The van der Waals surface area contributed by atoms with Crippen LogP contribution < -0.4 is 4.90 Å². The second-order valence-corrected chi connectivity index (χ2v) is 12.6. The Hall–Kier alpha value is -2.97. The molecule has 6 atom stereocenters. The second-order valence-electron chi connectivity index (χ2n) is 12.6. The van der Waals surface area contributed by atoms with Crippen molar-refractivity contribution < 1.29 is 24.2 Å². The number of rotatable bonds is 5. The van der Waals surface area contributed by atoms with Crippen molar-refractivity contribution in [1.82, 2.24) is 9.80 Å². The van der Waals surface area contributed by atoms with Gasteiger partial charge in [-0.05, 0) is 45.2 Å². The average molecular weight is 536 g/mol. The molecule has 1 unspecified atom stereocenters. The lowest BCUT2D eigenvalue weighted by atomic mass is 9.73. The van der Waals surface area contributed by atoms with Crippen molar-refractivity contribution in [1.29, 1.82) is 0 Å². The van der Waals surface area contributed by atoms with E-state index in [1.54, 1.807) is 14.7 Å². The molecular formula is C31H41N3O5. The van der Waals surface area contributed by atoms with Crippen molar-refractivity contribution >= 4 is 23.4 Å². The van der Waals surface area contributed by atoms with Gasteiger partial charge in [-0.25, -0.2) is 0 Å². The fourth-order valence-corrected chi connectivity index (χ4v) is 7.12. The smallest absolute Gasteiger partial charge is 0.249 e. The fourth-order valence-electron chi connectivity index (χ4n) is 7.12. The Balaban J connectivity index is 1.72. The van der Waals surface area contributed by atoms with Crippen LogP contribution in [0.15, 0.2) is 54.6 Å². The largest absolute Gasteiger partial charge is 0.394 e. The number of fused-ring (bicyclic) bond motifs is 2. The van der Waals surface area contributed by atoms with E-state index in [0.717, 1.165) is 5.69 Å². The van der Waals surface area contributed by atoms with Crippen molar-refractivity contribution in [2.45, 2.75) is 76.8 Å². The normalized spacial score (nSPS) is 33.3. The molecule has 0 aromatic heterocycles. The predicted molar refractivity (Wildman–Crippen MR) is 149 cm³/mol. The molecule has 39 heavy (non-hydrogen) atoms. The van der Waals surface area contributed by atoms with Crippen molar-refractivity contribution in [3.05, 3.63) is 54.6 Å². The number of para-hydroxylation sites is 1. The summed E-state index contributed by atoms with van der Waals surface area (Å²) in [7, 11) is 0. The molecule has 2 fully saturated rings. The number of aliphatic hydroxyl groups is 1. The molecule has 4 aliphatic heterocycles. The zero-order chi connectivity index (χ0) is 28.3. The number of amides is 3. The van der Waals surface area contributed by atoms with Crippen LogP contribution in [0, 0.1) is 17.8 Å². The van der Waals surface area contributed by atoms with Gasteiger partial charge in [0.05, 0.1) is 30.1 Å². The Morgan fingerprint density at radius 1 is 0.974 bits per heavy atom. The van der Waals surface area contributed by atoms with Crippen LogP contribution in [-0.2, 0) is 19.1 Å². The number of aliphatic hydroxyl groups excluding tert-OH is 1. The fraction of sp³-hybridized carbons (Fsp3) is 0.581. The van der Waals surface area contributed by atoms with E-state index in [1.165, 1.54) is 0 Å². The van der Waals surface area contributed by atoms with Crippen LogP contribution in [-0.4, -0.2) is 81.1 Å². The van der Waals surface area contributed by atoms with E-state index in [1.807, 2.05) is 96.2 Å². The van der Waals surface area contributed by atoms with Gasteiger partial charge in [-0.15, -0.1) is 0 Å². The summed E-state index contributed by atoms with van der Waals surface area (Å²) < 4.78 is 7.03. The van der Waals surface area contributed by atoms with Crippen LogP contribution in [0.5, 0.6) is 0 Å². The average Bonchev–Trinajstić information content (AvgIpc) is 3.17. The standard InChI is InChI=1S/C31H41N3O5/c1-7-30-15-11-17-32(21-13-9-8-10-14-21)26(36)23(30)24-27(37)34(22(19-35)20(2)3)25-28(38)33(29(4,5)6)18-12-16-31(24,25)39-30/h8-16,20,22-25,35H,7,17-19H2,1-6H3/t22-,23-,24-,25?,30+,31-/m0/s1. The van der Waals surface area contributed by atoms with Gasteiger partial charge in [-0.3, -0.25) is 14.4 Å². The molecule has 3 amide bonds. The van der Waals surface area contributed by atoms with Crippen molar-refractivity contribution in [3.63, 3.8) is 0 Å². The number of anilines is 1. The van der Waals surface area contributed by atoms with Crippen LogP contribution in [0.4, 0.5) is 5.69 Å². The van der Waals surface area contributed by atoms with Crippen molar-refractivity contribution in [3.8, 4) is 0 Å². The maximum absolute atomic E-state index is 14.6. The third-order valence-electron chi connectivity index (χ3n) is 9.07. The first-order chi connectivity index (χ1) is 18.4. The summed E-state index contributed by atoms with van der Waals surface area (Å²) in [6.07, 6.45) is 8.14. The van der Waals surface area contributed by atoms with Crippen LogP contribution in [0.25, 0.3) is 0 Å². The van der Waals surface area contributed by atoms with Gasteiger partial charge in [0, 0.05) is 24.3 Å². The SMILES string of the molecule is CC[C@@]12C=CCN(c3ccccc3)C(=O)[C@@H]1[C@H]1C(=O)N([C@@H](CO)C(C)C)C3C(=O)N(C(C)(C)C)CC=C[C@@]31O2. The van der Waals surface area contributed by atoms with Crippen molar-refractivity contribution in [2.75, 3.05) is 24.6 Å². The van der Waals surface area contributed by atoms with Gasteiger partial charge < -0.3 is 24.5 Å².